The zero-order chi connectivity index (χ0) is 19.2. The Morgan fingerprint density at radius 3 is 2.78 bits per heavy atom. The van der Waals surface area contributed by atoms with Gasteiger partial charge in [0.15, 0.2) is 15.0 Å². The van der Waals surface area contributed by atoms with Crippen molar-refractivity contribution in [3.8, 4) is 0 Å². The Hall–Kier alpha value is -1.50. The van der Waals surface area contributed by atoms with Crippen molar-refractivity contribution in [1.29, 1.82) is 0 Å². The molecule has 2 aromatic rings. The molecule has 0 bridgehead atoms. The van der Waals surface area contributed by atoms with Gasteiger partial charge in [-0.1, -0.05) is 47.6 Å². The molecular weight excluding hydrogens is 400 g/mol. The van der Waals surface area contributed by atoms with Gasteiger partial charge in [-0.3, -0.25) is 4.99 Å². The Balaban J connectivity index is 1.66. The summed E-state index contributed by atoms with van der Waals surface area (Å²) >= 11 is 7.74. The van der Waals surface area contributed by atoms with Gasteiger partial charge in [0.2, 0.25) is 0 Å². The number of rotatable bonds is 3. The number of anilines is 1. The number of amidine groups is 1. The van der Waals surface area contributed by atoms with Crippen molar-refractivity contribution in [3.05, 3.63) is 64.2 Å². The minimum absolute atomic E-state index is 0.114. The van der Waals surface area contributed by atoms with Gasteiger partial charge in [-0.05, 0) is 48.7 Å². The smallest absolute Gasteiger partial charge is 0.164 e. The second kappa shape index (κ2) is 7.15. The Morgan fingerprint density at radius 2 is 2.00 bits per heavy atom. The van der Waals surface area contributed by atoms with Crippen LogP contribution in [0.1, 0.15) is 16.7 Å². The molecule has 1 saturated heterocycles. The van der Waals surface area contributed by atoms with Crippen molar-refractivity contribution < 1.29 is 8.42 Å². The summed E-state index contributed by atoms with van der Waals surface area (Å²) in [6.07, 6.45) is 0. The summed E-state index contributed by atoms with van der Waals surface area (Å²) in [6.45, 7) is 4.11. The molecule has 0 aromatic heterocycles. The lowest BCUT2D eigenvalue weighted by Gasteiger charge is -2.28. The molecule has 4 rings (SSSR count). The molecule has 7 heteroatoms. The molecule has 27 heavy (non-hydrogen) atoms. The minimum atomic E-state index is -3.04. The van der Waals surface area contributed by atoms with E-state index in [1.54, 1.807) is 11.8 Å². The molecule has 142 valence electrons. The van der Waals surface area contributed by atoms with E-state index >= 15 is 0 Å². The van der Waals surface area contributed by atoms with E-state index in [1.807, 2.05) is 24.3 Å². The highest BCUT2D eigenvalue weighted by Gasteiger charge is 2.47. The summed E-state index contributed by atoms with van der Waals surface area (Å²) in [7, 11) is -3.04. The van der Waals surface area contributed by atoms with Gasteiger partial charge >= 0.3 is 0 Å². The number of aryl methyl sites for hydroxylation is 2. The van der Waals surface area contributed by atoms with E-state index < -0.39 is 9.84 Å². The number of aliphatic imine (C=N–C) groups is 1. The molecule has 4 nitrogen and oxygen atoms in total. The van der Waals surface area contributed by atoms with Gasteiger partial charge in [0.1, 0.15) is 0 Å². The van der Waals surface area contributed by atoms with Gasteiger partial charge in [0.25, 0.3) is 0 Å². The van der Waals surface area contributed by atoms with Gasteiger partial charge < -0.3 is 4.90 Å². The normalized spacial score (nSPS) is 23.4. The third-order valence-corrected chi connectivity index (χ3v) is 7.96. The summed E-state index contributed by atoms with van der Waals surface area (Å²) in [5.74, 6) is 1.04. The second-order valence-electron chi connectivity index (χ2n) is 7.20. The van der Waals surface area contributed by atoms with Crippen LogP contribution in [0.15, 0.2) is 47.5 Å². The average Bonchev–Trinajstić information content (AvgIpc) is 3.06. The molecule has 2 unspecified atom stereocenters. The average molecular weight is 421 g/mol. The molecule has 0 amide bonds. The third kappa shape index (κ3) is 3.89. The first kappa shape index (κ1) is 18.8. The molecule has 0 N–H and O–H groups in total. The molecule has 2 aromatic carbocycles. The Morgan fingerprint density at radius 1 is 1.19 bits per heavy atom. The quantitative estimate of drug-likeness (QED) is 0.745. The summed E-state index contributed by atoms with van der Waals surface area (Å²) in [4.78, 5) is 6.95. The number of thioether (sulfide) groups is 1. The van der Waals surface area contributed by atoms with Crippen LogP contribution in [0.2, 0.25) is 5.02 Å². The highest BCUT2D eigenvalue weighted by Crippen LogP contribution is 2.37. The molecule has 0 saturated carbocycles. The van der Waals surface area contributed by atoms with E-state index in [-0.39, 0.29) is 23.6 Å². The van der Waals surface area contributed by atoms with Gasteiger partial charge in [-0.25, -0.2) is 8.42 Å². The Kier molecular flexibility index (Phi) is 4.99. The zero-order valence-corrected chi connectivity index (χ0v) is 17.6. The highest BCUT2D eigenvalue weighted by molar-refractivity contribution is 8.13. The van der Waals surface area contributed by atoms with Crippen molar-refractivity contribution in [1.82, 2.24) is 0 Å². The predicted molar refractivity (Wildman–Crippen MR) is 115 cm³/mol. The zero-order valence-electron chi connectivity index (χ0n) is 15.2. The monoisotopic (exact) mass is 420 g/mol. The van der Waals surface area contributed by atoms with Crippen LogP contribution in [0.5, 0.6) is 0 Å². The van der Waals surface area contributed by atoms with Crippen LogP contribution < -0.4 is 4.90 Å². The molecule has 2 heterocycles. The standard InChI is InChI=1S/C20H21ClN2O2S2/c1-13-6-7-14(2)18(8-13)23-19-12-27(24,25)11-17(19)22-20(23)26-10-15-4-3-5-16(21)9-15/h3-9,17,19H,10-12H2,1-2H3. The number of sulfone groups is 1. The van der Waals surface area contributed by atoms with Gasteiger partial charge in [0.05, 0.1) is 23.6 Å². The van der Waals surface area contributed by atoms with Crippen LogP contribution in [0.4, 0.5) is 5.69 Å². The number of halogens is 1. The van der Waals surface area contributed by atoms with E-state index in [0.29, 0.717) is 0 Å². The molecule has 0 spiro atoms. The second-order valence-corrected chi connectivity index (χ2v) is 10.7. The molecule has 2 atom stereocenters. The SMILES string of the molecule is Cc1ccc(C)c(N2C(SCc3cccc(Cl)c3)=NC3CS(=O)(=O)CC32)c1. The van der Waals surface area contributed by atoms with Crippen molar-refractivity contribution in [2.24, 2.45) is 4.99 Å². The van der Waals surface area contributed by atoms with Crippen LogP contribution >= 0.6 is 23.4 Å². The molecule has 2 aliphatic rings. The molecule has 1 fully saturated rings. The highest BCUT2D eigenvalue weighted by atomic mass is 35.5. The first-order valence-corrected chi connectivity index (χ1v) is 12.0. The number of nitrogens with zero attached hydrogens (tertiary/aromatic N) is 2. The van der Waals surface area contributed by atoms with Gasteiger partial charge in [0, 0.05) is 16.5 Å². The van der Waals surface area contributed by atoms with E-state index in [0.717, 1.165) is 38.3 Å². The van der Waals surface area contributed by atoms with Crippen molar-refractivity contribution in [2.45, 2.75) is 31.7 Å². The summed E-state index contributed by atoms with van der Waals surface area (Å²) in [5, 5.41) is 1.62. The van der Waals surface area contributed by atoms with E-state index in [2.05, 4.69) is 36.9 Å². The van der Waals surface area contributed by atoms with Crippen molar-refractivity contribution >= 4 is 44.1 Å². The molecular formula is C20H21ClN2O2S2. The van der Waals surface area contributed by atoms with Crippen LogP contribution in [-0.2, 0) is 15.6 Å². The lowest BCUT2D eigenvalue weighted by molar-refractivity contribution is 0.601. The van der Waals surface area contributed by atoms with E-state index in [9.17, 15) is 8.42 Å². The maximum absolute atomic E-state index is 12.2. The fraction of sp³-hybridized carbons (Fsp3) is 0.350. The summed E-state index contributed by atoms with van der Waals surface area (Å²) < 4.78 is 24.4. The lowest BCUT2D eigenvalue weighted by Crippen LogP contribution is -2.39. The minimum Gasteiger partial charge on any atom is -0.315 e. The fourth-order valence-corrected chi connectivity index (χ4v) is 6.78. The third-order valence-electron chi connectivity index (χ3n) is 4.99. The van der Waals surface area contributed by atoms with Crippen LogP contribution in [0.3, 0.4) is 0 Å². The number of hydrogen-bond acceptors (Lipinski definition) is 5. The predicted octanol–water partition coefficient (Wildman–Crippen LogP) is 4.23. The maximum atomic E-state index is 12.2. The van der Waals surface area contributed by atoms with Gasteiger partial charge in [-0.15, -0.1) is 0 Å². The maximum Gasteiger partial charge on any atom is 0.164 e. The summed E-state index contributed by atoms with van der Waals surface area (Å²) in [5.41, 5.74) is 4.46. The number of hydrogen-bond donors (Lipinski definition) is 0. The summed E-state index contributed by atoms with van der Waals surface area (Å²) in [6, 6.07) is 13.8. The first-order valence-electron chi connectivity index (χ1n) is 8.84. The number of benzene rings is 2. The molecule has 2 aliphatic heterocycles. The Bertz CT molecular complexity index is 1020. The van der Waals surface area contributed by atoms with E-state index in [4.69, 9.17) is 16.6 Å². The molecule has 0 aliphatic carbocycles. The van der Waals surface area contributed by atoms with Crippen LogP contribution in [0.25, 0.3) is 0 Å². The topological polar surface area (TPSA) is 49.7 Å². The van der Waals surface area contributed by atoms with Crippen molar-refractivity contribution in [2.75, 3.05) is 16.4 Å². The number of fused-ring (bicyclic) bond motifs is 1. The van der Waals surface area contributed by atoms with Gasteiger partial charge in [-0.2, -0.15) is 0 Å². The van der Waals surface area contributed by atoms with E-state index in [1.165, 1.54) is 0 Å². The fourth-order valence-electron chi connectivity index (χ4n) is 3.67. The van der Waals surface area contributed by atoms with Crippen molar-refractivity contribution in [3.63, 3.8) is 0 Å². The Labute approximate surface area is 169 Å². The lowest BCUT2D eigenvalue weighted by atomic mass is 10.1. The van der Waals surface area contributed by atoms with Crippen LogP contribution in [-0.4, -0.2) is 37.2 Å². The van der Waals surface area contributed by atoms with Crippen LogP contribution in [0, 0.1) is 13.8 Å². The largest absolute Gasteiger partial charge is 0.315 e. The first-order chi connectivity index (χ1) is 12.8. The molecule has 0 radical (unpaired) electrons.